The van der Waals surface area contributed by atoms with E-state index < -0.39 is 11.7 Å². The number of anilines is 1. The van der Waals surface area contributed by atoms with E-state index >= 15 is 0 Å². The van der Waals surface area contributed by atoms with Crippen molar-refractivity contribution in [1.82, 2.24) is 24.3 Å². The summed E-state index contributed by atoms with van der Waals surface area (Å²) >= 11 is 0. The zero-order chi connectivity index (χ0) is 22.9. The molecule has 0 radical (unpaired) electrons. The Bertz CT molecular complexity index is 1430. The van der Waals surface area contributed by atoms with Crippen LogP contribution >= 0.6 is 0 Å². The Kier molecular flexibility index (Phi) is 4.17. The lowest BCUT2D eigenvalue weighted by atomic mass is 9.89. The van der Waals surface area contributed by atoms with Crippen LogP contribution in [0.3, 0.4) is 0 Å². The Morgan fingerprint density at radius 2 is 2.00 bits per heavy atom. The van der Waals surface area contributed by atoms with Gasteiger partial charge in [0.1, 0.15) is 22.5 Å². The number of likely N-dealkylation sites (tertiary alicyclic amines) is 1. The molecule has 1 fully saturated rings. The topological polar surface area (TPSA) is 89.4 Å². The SMILES string of the molecule is Nc1nc2cnc(C(=O)N3CCCC4Cc5cc(C(F)(F)F)ccc5C43)cc2n2cncc12. The first-order valence-electron chi connectivity index (χ1n) is 10.7. The average molecular weight is 452 g/mol. The molecule has 1 aromatic carbocycles. The highest BCUT2D eigenvalue weighted by Gasteiger charge is 2.42. The molecule has 33 heavy (non-hydrogen) atoms. The average Bonchev–Trinajstić information content (AvgIpc) is 3.43. The van der Waals surface area contributed by atoms with Crippen molar-refractivity contribution in [2.24, 2.45) is 5.92 Å². The molecule has 0 spiro atoms. The highest BCUT2D eigenvalue weighted by Crippen LogP contribution is 2.47. The van der Waals surface area contributed by atoms with Crippen molar-refractivity contribution in [3.05, 3.63) is 65.4 Å². The molecule has 0 bridgehead atoms. The molecule has 6 rings (SSSR count). The summed E-state index contributed by atoms with van der Waals surface area (Å²) in [7, 11) is 0. The van der Waals surface area contributed by atoms with E-state index in [-0.39, 0.29) is 23.6 Å². The number of pyridine rings is 1. The largest absolute Gasteiger partial charge is 0.416 e. The summed E-state index contributed by atoms with van der Waals surface area (Å²) in [5, 5.41) is 0. The fraction of sp³-hybridized carbons (Fsp3) is 0.304. The van der Waals surface area contributed by atoms with E-state index in [1.54, 1.807) is 27.9 Å². The number of aromatic nitrogens is 4. The van der Waals surface area contributed by atoms with Crippen molar-refractivity contribution >= 4 is 28.3 Å². The van der Waals surface area contributed by atoms with E-state index in [0.717, 1.165) is 24.5 Å². The van der Waals surface area contributed by atoms with Crippen molar-refractivity contribution in [1.29, 1.82) is 0 Å². The monoisotopic (exact) mass is 452 g/mol. The van der Waals surface area contributed by atoms with E-state index in [1.165, 1.54) is 18.3 Å². The van der Waals surface area contributed by atoms with Crippen LogP contribution in [0.25, 0.3) is 16.6 Å². The quantitative estimate of drug-likeness (QED) is 0.471. The smallest absolute Gasteiger partial charge is 0.382 e. The molecule has 168 valence electrons. The van der Waals surface area contributed by atoms with Crippen molar-refractivity contribution in [2.45, 2.75) is 31.5 Å². The number of fused-ring (bicyclic) bond motifs is 6. The molecule has 2 unspecified atom stereocenters. The lowest BCUT2D eigenvalue weighted by Gasteiger charge is -2.38. The molecule has 2 atom stereocenters. The van der Waals surface area contributed by atoms with E-state index in [1.807, 2.05) is 0 Å². The van der Waals surface area contributed by atoms with Crippen LogP contribution in [-0.2, 0) is 12.6 Å². The molecule has 4 heterocycles. The summed E-state index contributed by atoms with van der Waals surface area (Å²) in [4.78, 5) is 28.1. The molecule has 0 saturated carbocycles. The van der Waals surface area contributed by atoms with Gasteiger partial charge in [0.25, 0.3) is 5.91 Å². The first kappa shape index (κ1) is 20.0. The second-order valence-electron chi connectivity index (χ2n) is 8.67. The van der Waals surface area contributed by atoms with E-state index in [2.05, 4.69) is 15.0 Å². The van der Waals surface area contributed by atoms with E-state index in [0.29, 0.717) is 40.9 Å². The maximum absolute atomic E-state index is 13.6. The second-order valence-corrected chi connectivity index (χ2v) is 8.67. The minimum Gasteiger partial charge on any atom is -0.382 e. The zero-order valence-electron chi connectivity index (χ0n) is 17.4. The van der Waals surface area contributed by atoms with Crippen LogP contribution < -0.4 is 5.73 Å². The summed E-state index contributed by atoms with van der Waals surface area (Å²) in [5.41, 5.74) is 8.89. The number of imidazole rings is 1. The summed E-state index contributed by atoms with van der Waals surface area (Å²) in [6.07, 6.45) is 2.54. The van der Waals surface area contributed by atoms with Gasteiger partial charge in [-0.1, -0.05) is 6.07 Å². The van der Waals surface area contributed by atoms with Gasteiger partial charge in [-0.05, 0) is 54.5 Å². The van der Waals surface area contributed by atoms with Crippen LogP contribution in [0.2, 0.25) is 0 Å². The number of carbonyl (C=O) groups is 1. The number of carbonyl (C=O) groups excluding carboxylic acids is 1. The number of nitrogens with two attached hydrogens (primary N) is 1. The fourth-order valence-electron chi connectivity index (χ4n) is 5.31. The number of hydrogen-bond donors (Lipinski definition) is 1. The summed E-state index contributed by atoms with van der Waals surface area (Å²) in [5.74, 6) is 0.174. The Morgan fingerprint density at radius 3 is 2.82 bits per heavy atom. The minimum absolute atomic E-state index is 0.100. The molecule has 1 amide bonds. The Hall–Kier alpha value is -3.69. The van der Waals surface area contributed by atoms with Crippen molar-refractivity contribution in [2.75, 3.05) is 12.3 Å². The molecule has 1 saturated heterocycles. The van der Waals surface area contributed by atoms with Gasteiger partial charge in [-0.3, -0.25) is 9.20 Å². The summed E-state index contributed by atoms with van der Waals surface area (Å²) < 4.78 is 41.4. The third-order valence-corrected chi connectivity index (χ3v) is 6.77. The van der Waals surface area contributed by atoms with Gasteiger partial charge in [0.2, 0.25) is 0 Å². The van der Waals surface area contributed by atoms with Gasteiger partial charge in [-0.2, -0.15) is 13.2 Å². The minimum atomic E-state index is -4.39. The van der Waals surface area contributed by atoms with Crippen LogP contribution in [0, 0.1) is 5.92 Å². The highest BCUT2D eigenvalue weighted by molar-refractivity contribution is 5.96. The third kappa shape index (κ3) is 3.04. The molecule has 1 aliphatic heterocycles. The molecule has 4 aromatic rings. The van der Waals surface area contributed by atoms with Gasteiger partial charge in [-0.15, -0.1) is 0 Å². The molecular weight excluding hydrogens is 433 g/mol. The zero-order valence-corrected chi connectivity index (χ0v) is 17.4. The van der Waals surface area contributed by atoms with E-state index in [9.17, 15) is 18.0 Å². The Labute approximate surface area is 186 Å². The Balaban J connectivity index is 1.40. The number of hydrogen-bond acceptors (Lipinski definition) is 5. The van der Waals surface area contributed by atoms with Gasteiger partial charge in [0, 0.05) is 6.54 Å². The predicted octanol–water partition coefficient (Wildman–Crippen LogP) is 4.03. The summed E-state index contributed by atoms with van der Waals surface area (Å²) in [6, 6.07) is 5.29. The van der Waals surface area contributed by atoms with Gasteiger partial charge in [-0.25, -0.2) is 15.0 Å². The Morgan fingerprint density at radius 1 is 1.15 bits per heavy atom. The fourth-order valence-corrected chi connectivity index (χ4v) is 5.31. The third-order valence-electron chi connectivity index (χ3n) is 6.77. The number of benzene rings is 1. The first-order chi connectivity index (χ1) is 15.8. The van der Waals surface area contributed by atoms with Crippen LogP contribution in [0.5, 0.6) is 0 Å². The molecule has 1 aliphatic carbocycles. The van der Waals surface area contributed by atoms with Gasteiger partial charge in [0.05, 0.1) is 35.8 Å². The molecule has 10 heteroatoms. The number of halogens is 3. The number of nitrogens with zero attached hydrogens (tertiary/aromatic N) is 5. The second kappa shape index (κ2) is 6.90. The van der Waals surface area contributed by atoms with Crippen molar-refractivity contribution in [3.8, 4) is 0 Å². The lowest BCUT2D eigenvalue weighted by Crippen LogP contribution is -2.41. The van der Waals surface area contributed by atoms with Crippen LogP contribution in [0.15, 0.2) is 43.0 Å². The van der Waals surface area contributed by atoms with Gasteiger partial charge < -0.3 is 10.6 Å². The molecule has 3 aromatic heterocycles. The van der Waals surface area contributed by atoms with Gasteiger partial charge >= 0.3 is 6.18 Å². The van der Waals surface area contributed by atoms with Crippen molar-refractivity contribution < 1.29 is 18.0 Å². The highest BCUT2D eigenvalue weighted by atomic mass is 19.4. The number of rotatable bonds is 1. The number of nitrogen functional groups attached to an aromatic ring is 1. The maximum Gasteiger partial charge on any atom is 0.416 e. The lowest BCUT2D eigenvalue weighted by molar-refractivity contribution is -0.137. The first-order valence-corrected chi connectivity index (χ1v) is 10.7. The normalized spacial score (nSPS) is 20.3. The standard InChI is InChI=1S/C23H19F3N6O/c24-23(25,26)14-3-4-15-13(7-14)6-12-2-1-5-31(20(12)15)22(33)16-8-18-17(9-29-16)30-21(27)19-10-28-11-32(18)19/h3-4,7-12,20H,1-2,5-6H2,(H2,27,30). The molecule has 2 N–H and O–H groups in total. The number of alkyl halides is 3. The number of piperidine rings is 1. The van der Waals surface area contributed by atoms with Crippen LogP contribution in [-0.4, -0.2) is 36.7 Å². The number of amides is 1. The van der Waals surface area contributed by atoms with Crippen LogP contribution in [0.4, 0.5) is 19.0 Å². The van der Waals surface area contributed by atoms with Gasteiger partial charge in [0.15, 0.2) is 0 Å². The van der Waals surface area contributed by atoms with E-state index in [4.69, 9.17) is 5.73 Å². The summed E-state index contributed by atoms with van der Waals surface area (Å²) in [6.45, 7) is 0.528. The molecule has 2 aliphatic rings. The molecular formula is C23H19F3N6O. The van der Waals surface area contributed by atoms with Crippen molar-refractivity contribution in [3.63, 3.8) is 0 Å². The maximum atomic E-state index is 13.6. The van der Waals surface area contributed by atoms with Crippen LogP contribution in [0.1, 0.15) is 46.1 Å². The molecule has 7 nitrogen and oxygen atoms in total. The predicted molar refractivity (Wildman–Crippen MR) is 114 cm³/mol.